The van der Waals surface area contributed by atoms with Crippen LogP contribution in [0, 0.1) is 5.92 Å². The molecule has 0 spiro atoms. The molecule has 0 saturated carbocycles. The molecule has 0 aliphatic carbocycles. The van der Waals surface area contributed by atoms with Gasteiger partial charge in [-0.1, -0.05) is 19.9 Å². The highest BCUT2D eigenvalue weighted by Gasteiger charge is 2.26. The van der Waals surface area contributed by atoms with Gasteiger partial charge >= 0.3 is 0 Å². The van der Waals surface area contributed by atoms with Crippen molar-refractivity contribution in [1.29, 1.82) is 0 Å². The third kappa shape index (κ3) is 3.79. The lowest BCUT2D eigenvalue weighted by molar-refractivity contribution is 0.111. The van der Waals surface area contributed by atoms with Crippen molar-refractivity contribution in [2.75, 3.05) is 13.1 Å². The van der Waals surface area contributed by atoms with Crippen molar-refractivity contribution >= 4 is 0 Å². The van der Waals surface area contributed by atoms with Crippen molar-refractivity contribution in [2.45, 2.75) is 45.8 Å². The van der Waals surface area contributed by atoms with Gasteiger partial charge in [-0.3, -0.25) is 9.88 Å². The molecule has 1 aromatic heterocycles. The highest BCUT2D eigenvalue weighted by molar-refractivity contribution is 5.09. The first kappa shape index (κ1) is 13.5. The molecule has 0 bridgehead atoms. The lowest BCUT2D eigenvalue weighted by atomic mass is 9.99. The van der Waals surface area contributed by atoms with Gasteiger partial charge in [0.05, 0.1) is 0 Å². The van der Waals surface area contributed by atoms with E-state index >= 15 is 0 Å². The molecule has 0 amide bonds. The second kappa shape index (κ2) is 6.30. The molecule has 2 unspecified atom stereocenters. The molecule has 0 radical (unpaired) electrons. The standard InChI is InChI=1S/C15H25N3/c1-12(2)7-15-9-17-13(3)10-18(15)11-14-5-4-6-16-8-14/h4-6,8,12-13,15,17H,7,9-11H2,1-3H3. The van der Waals surface area contributed by atoms with Gasteiger partial charge in [-0.2, -0.15) is 0 Å². The Balaban J connectivity index is 2.01. The molecule has 100 valence electrons. The van der Waals surface area contributed by atoms with Crippen LogP contribution in [0.3, 0.4) is 0 Å². The van der Waals surface area contributed by atoms with Crippen molar-refractivity contribution < 1.29 is 0 Å². The van der Waals surface area contributed by atoms with Gasteiger partial charge in [0.15, 0.2) is 0 Å². The molecule has 3 heteroatoms. The molecule has 1 saturated heterocycles. The van der Waals surface area contributed by atoms with Crippen LogP contribution in [0.25, 0.3) is 0 Å². The van der Waals surface area contributed by atoms with Crippen LogP contribution in [0.15, 0.2) is 24.5 Å². The van der Waals surface area contributed by atoms with Crippen LogP contribution in [0.4, 0.5) is 0 Å². The number of rotatable bonds is 4. The first-order valence-corrected chi connectivity index (χ1v) is 7.01. The molecule has 1 aliphatic heterocycles. The van der Waals surface area contributed by atoms with Gasteiger partial charge < -0.3 is 5.32 Å². The Hall–Kier alpha value is -0.930. The minimum Gasteiger partial charge on any atom is -0.311 e. The largest absolute Gasteiger partial charge is 0.311 e. The number of pyridine rings is 1. The summed E-state index contributed by atoms with van der Waals surface area (Å²) in [5.74, 6) is 0.751. The fraction of sp³-hybridized carbons (Fsp3) is 0.667. The van der Waals surface area contributed by atoms with Crippen LogP contribution in [0.1, 0.15) is 32.8 Å². The maximum absolute atomic E-state index is 4.21. The zero-order chi connectivity index (χ0) is 13.0. The third-order valence-corrected chi connectivity index (χ3v) is 3.58. The van der Waals surface area contributed by atoms with E-state index in [0.717, 1.165) is 25.6 Å². The molecule has 2 atom stereocenters. The Labute approximate surface area is 111 Å². The van der Waals surface area contributed by atoms with Crippen molar-refractivity contribution in [3.63, 3.8) is 0 Å². The average molecular weight is 247 g/mol. The second-order valence-corrected chi connectivity index (χ2v) is 5.88. The van der Waals surface area contributed by atoms with Crippen LogP contribution in [0.2, 0.25) is 0 Å². The molecular formula is C15H25N3. The van der Waals surface area contributed by atoms with Crippen LogP contribution < -0.4 is 5.32 Å². The highest BCUT2D eigenvalue weighted by atomic mass is 15.2. The van der Waals surface area contributed by atoms with E-state index in [1.54, 1.807) is 0 Å². The molecule has 18 heavy (non-hydrogen) atoms. The Kier molecular flexibility index (Phi) is 4.72. The predicted octanol–water partition coefficient (Wildman–Crippen LogP) is 2.29. The first-order chi connectivity index (χ1) is 8.65. The number of piperazine rings is 1. The van der Waals surface area contributed by atoms with Gasteiger partial charge in [0.1, 0.15) is 0 Å². The highest BCUT2D eigenvalue weighted by Crippen LogP contribution is 2.17. The van der Waals surface area contributed by atoms with Gasteiger partial charge in [0, 0.05) is 44.1 Å². The second-order valence-electron chi connectivity index (χ2n) is 5.88. The molecule has 1 aliphatic rings. The summed E-state index contributed by atoms with van der Waals surface area (Å²) >= 11 is 0. The SMILES string of the molecule is CC(C)CC1CNC(C)CN1Cc1cccnc1. The molecular weight excluding hydrogens is 222 g/mol. The topological polar surface area (TPSA) is 28.2 Å². The molecule has 1 aromatic rings. The number of nitrogens with zero attached hydrogens (tertiary/aromatic N) is 2. The Bertz CT molecular complexity index is 350. The Morgan fingerprint density at radius 2 is 2.33 bits per heavy atom. The molecule has 1 N–H and O–H groups in total. The fourth-order valence-corrected chi connectivity index (χ4v) is 2.73. The molecule has 3 nitrogen and oxygen atoms in total. The minimum atomic E-state index is 0.588. The van der Waals surface area contributed by atoms with Gasteiger partial charge in [-0.25, -0.2) is 0 Å². The first-order valence-electron chi connectivity index (χ1n) is 7.01. The molecule has 1 fully saturated rings. The number of aromatic nitrogens is 1. The van der Waals surface area contributed by atoms with E-state index in [4.69, 9.17) is 0 Å². The summed E-state index contributed by atoms with van der Waals surface area (Å²) in [6, 6.07) is 5.44. The van der Waals surface area contributed by atoms with Crippen LogP contribution in [-0.4, -0.2) is 35.1 Å². The van der Waals surface area contributed by atoms with Crippen LogP contribution >= 0.6 is 0 Å². The van der Waals surface area contributed by atoms with Crippen molar-refractivity contribution in [3.8, 4) is 0 Å². The van der Waals surface area contributed by atoms with E-state index in [9.17, 15) is 0 Å². The molecule has 2 heterocycles. The monoisotopic (exact) mass is 247 g/mol. The summed E-state index contributed by atoms with van der Waals surface area (Å²) < 4.78 is 0. The number of nitrogens with one attached hydrogen (secondary N) is 1. The average Bonchev–Trinajstić information content (AvgIpc) is 2.33. The maximum atomic E-state index is 4.21. The summed E-state index contributed by atoms with van der Waals surface area (Å²) in [5, 5.41) is 3.60. The quantitative estimate of drug-likeness (QED) is 0.885. The van der Waals surface area contributed by atoms with Crippen molar-refractivity contribution in [2.24, 2.45) is 5.92 Å². The van der Waals surface area contributed by atoms with Crippen molar-refractivity contribution in [3.05, 3.63) is 30.1 Å². The molecule has 2 rings (SSSR count). The van der Waals surface area contributed by atoms with E-state index in [1.807, 2.05) is 18.5 Å². The number of hydrogen-bond donors (Lipinski definition) is 1. The van der Waals surface area contributed by atoms with Crippen LogP contribution in [0.5, 0.6) is 0 Å². The fourth-order valence-electron chi connectivity index (χ4n) is 2.73. The summed E-state index contributed by atoms with van der Waals surface area (Å²) in [6.45, 7) is 10.1. The zero-order valence-electron chi connectivity index (χ0n) is 11.8. The van der Waals surface area contributed by atoms with Gasteiger partial charge in [0.25, 0.3) is 0 Å². The summed E-state index contributed by atoms with van der Waals surface area (Å²) in [4.78, 5) is 6.82. The van der Waals surface area contributed by atoms with Crippen LogP contribution in [-0.2, 0) is 6.54 Å². The normalized spacial score (nSPS) is 25.6. The lowest BCUT2D eigenvalue weighted by Gasteiger charge is -2.40. The summed E-state index contributed by atoms with van der Waals surface area (Å²) in [6.07, 6.45) is 5.09. The van der Waals surface area contributed by atoms with E-state index in [2.05, 4.69) is 42.0 Å². The lowest BCUT2D eigenvalue weighted by Crippen LogP contribution is -2.55. The Morgan fingerprint density at radius 1 is 1.50 bits per heavy atom. The van der Waals surface area contributed by atoms with E-state index in [0.29, 0.717) is 12.1 Å². The predicted molar refractivity (Wildman–Crippen MR) is 75.4 cm³/mol. The Morgan fingerprint density at radius 3 is 3.00 bits per heavy atom. The third-order valence-electron chi connectivity index (χ3n) is 3.58. The maximum Gasteiger partial charge on any atom is 0.0312 e. The van der Waals surface area contributed by atoms with Gasteiger partial charge in [-0.05, 0) is 30.9 Å². The molecule has 0 aromatic carbocycles. The zero-order valence-corrected chi connectivity index (χ0v) is 11.8. The van der Waals surface area contributed by atoms with Crippen molar-refractivity contribution in [1.82, 2.24) is 15.2 Å². The van der Waals surface area contributed by atoms with Gasteiger partial charge in [0.2, 0.25) is 0 Å². The minimum absolute atomic E-state index is 0.588. The van der Waals surface area contributed by atoms with E-state index in [1.165, 1.54) is 12.0 Å². The van der Waals surface area contributed by atoms with E-state index < -0.39 is 0 Å². The van der Waals surface area contributed by atoms with E-state index in [-0.39, 0.29) is 0 Å². The summed E-state index contributed by atoms with van der Waals surface area (Å²) in [5.41, 5.74) is 1.32. The van der Waals surface area contributed by atoms with Gasteiger partial charge in [-0.15, -0.1) is 0 Å². The number of hydrogen-bond acceptors (Lipinski definition) is 3. The smallest absolute Gasteiger partial charge is 0.0312 e. The summed E-state index contributed by atoms with van der Waals surface area (Å²) in [7, 11) is 0.